The molecule has 0 unspecified atom stereocenters. The third kappa shape index (κ3) is 2.93. The predicted molar refractivity (Wildman–Crippen MR) is 119 cm³/mol. The van der Waals surface area contributed by atoms with Gasteiger partial charge in [-0.1, -0.05) is 48.0 Å². The summed E-state index contributed by atoms with van der Waals surface area (Å²) in [5, 5.41) is 2.07. The molecule has 0 fully saturated rings. The minimum absolute atomic E-state index is 0.155. The highest BCUT2D eigenvalue weighted by atomic mass is 32.2. The molecule has 0 aliphatic heterocycles. The van der Waals surface area contributed by atoms with Crippen LogP contribution in [0.5, 0.6) is 0 Å². The van der Waals surface area contributed by atoms with Gasteiger partial charge in [0, 0.05) is 5.39 Å². The maximum atomic E-state index is 13.3. The van der Waals surface area contributed by atoms with Crippen molar-refractivity contribution >= 4 is 48.4 Å². The van der Waals surface area contributed by atoms with Gasteiger partial charge in [0.1, 0.15) is 11.2 Å². The highest BCUT2D eigenvalue weighted by Crippen LogP contribution is 2.32. The quantitative estimate of drug-likeness (QED) is 0.324. The van der Waals surface area contributed by atoms with Gasteiger partial charge >= 0.3 is 0 Å². The predicted octanol–water partition coefficient (Wildman–Crippen LogP) is 5.21. The van der Waals surface area contributed by atoms with E-state index in [2.05, 4.69) is 4.72 Å². The number of anilines is 1. The van der Waals surface area contributed by atoms with Crippen LogP contribution in [0.15, 0.2) is 93.0 Å². The molecule has 0 atom stereocenters. The van der Waals surface area contributed by atoms with Crippen LogP contribution >= 0.6 is 0 Å². The lowest BCUT2D eigenvalue weighted by Gasteiger charge is -2.13. The largest absolute Gasteiger partial charge is 0.456 e. The van der Waals surface area contributed by atoms with Gasteiger partial charge in [-0.2, -0.15) is 0 Å². The zero-order valence-electron chi connectivity index (χ0n) is 16.0. The SMILES string of the molecule is Cc1ccc(S(=O)(=O)Nc2cccc3ccc4oc5ccccc5c(=O)c4c23)cc1. The molecule has 5 nitrogen and oxygen atoms in total. The Kier molecular flexibility index (Phi) is 4.11. The molecule has 0 radical (unpaired) electrons. The fourth-order valence-corrected chi connectivity index (χ4v) is 4.74. The van der Waals surface area contributed by atoms with Crippen molar-refractivity contribution < 1.29 is 12.8 Å². The van der Waals surface area contributed by atoms with E-state index in [1.807, 2.05) is 19.1 Å². The van der Waals surface area contributed by atoms with Gasteiger partial charge in [-0.3, -0.25) is 9.52 Å². The molecule has 0 aliphatic carbocycles. The average molecular weight is 415 g/mol. The van der Waals surface area contributed by atoms with Crippen LogP contribution in [0, 0.1) is 6.92 Å². The number of benzene rings is 4. The second kappa shape index (κ2) is 6.71. The zero-order valence-corrected chi connectivity index (χ0v) is 16.9. The standard InChI is InChI=1S/C24H17NO4S/c1-15-9-12-17(13-10-15)30(27,28)25-19-7-4-5-16-11-14-21-23(22(16)19)24(26)18-6-2-3-8-20(18)29-21/h2-14,25H,1H3. The van der Waals surface area contributed by atoms with E-state index >= 15 is 0 Å². The van der Waals surface area contributed by atoms with E-state index in [0.29, 0.717) is 33.0 Å². The van der Waals surface area contributed by atoms with E-state index in [9.17, 15) is 13.2 Å². The van der Waals surface area contributed by atoms with Crippen LogP contribution in [0.4, 0.5) is 5.69 Å². The lowest BCUT2D eigenvalue weighted by molar-refractivity contribution is 0.601. The first-order valence-electron chi connectivity index (χ1n) is 9.41. The Morgan fingerprint density at radius 2 is 1.53 bits per heavy atom. The van der Waals surface area contributed by atoms with Crippen LogP contribution in [-0.4, -0.2) is 8.42 Å². The number of fused-ring (bicyclic) bond motifs is 4. The highest BCUT2D eigenvalue weighted by Gasteiger charge is 2.18. The normalized spacial score (nSPS) is 11.9. The molecule has 1 aromatic heterocycles. The molecule has 0 saturated heterocycles. The van der Waals surface area contributed by atoms with Gasteiger partial charge in [-0.25, -0.2) is 8.42 Å². The first kappa shape index (κ1) is 18.4. The summed E-state index contributed by atoms with van der Waals surface area (Å²) in [4.78, 5) is 13.4. The van der Waals surface area contributed by atoms with Crippen molar-refractivity contribution in [3.05, 3.63) is 94.6 Å². The molecule has 0 bridgehead atoms. The Morgan fingerprint density at radius 1 is 0.767 bits per heavy atom. The second-order valence-electron chi connectivity index (χ2n) is 7.19. The fourth-order valence-electron chi connectivity index (χ4n) is 3.67. The molecular weight excluding hydrogens is 398 g/mol. The first-order chi connectivity index (χ1) is 14.4. The van der Waals surface area contributed by atoms with Gasteiger partial charge in [-0.05, 0) is 48.7 Å². The van der Waals surface area contributed by atoms with Gasteiger partial charge < -0.3 is 4.42 Å². The van der Waals surface area contributed by atoms with E-state index < -0.39 is 10.0 Å². The number of nitrogens with one attached hydrogen (secondary N) is 1. The van der Waals surface area contributed by atoms with E-state index in [1.54, 1.807) is 66.7 Å². The Morgan fingerprint density at radius 3 is 2.33 bits per heavy atom. The van der Waals surface area contributed by atoms with Gasteiger partial charge in [0.25, 0.3) is 10.0 Å². The molecule has 5 aromatic rings. The number of aryl methyl sites for hydroxylation is 1. The molecule has 30 heavy (non-hydrogen) atoms. The van der Waals surface area contributed by atoms with Crippen molar-refractivity contribution in [1.29, 1.82) is 0 Å². The van der Waals surface area contributed by atoms with Crippen LogP contribution < -0.4 is 10.2 Å². The van der Waals surface area contributed by atoms with Gasteiger partial charge in [0.15, 0.2) is 0 Å². The smallest absolute Gasteiger partial charge is 0.261 e. The molecule has 0 spiro atoms. The van der Waals surface area contributed by atoms with E-state index in [0.717, 1.165) is 10.9 Å². The number of hydrogen-bond donors (Lipinski definition) is 1. The molecule has 4 aromatic carbocycles. The van der Waals surface area contributed by atoms with Crippen molar-refractivity contribution in [3.63, 3.8) is 0 Å². The van der Waals surface area contributed by atoms with Crippen molar-refractivity contribution in [2.24, 2.45) is 0 Å². The lowest BCUT2D eigenvalue weighted by Crippen LogP contribution is -2.14. The summed E-state index contributed by atoms with van der Waals surface area (Å²) in [6.45, 7) is 1.89. The van der Waals surface area contributed by atoms with E-state index in [1.165, 1.54) is 0 Å². The summed E-state index contributed by atoms with van der Waals surface area (Å²) in [6.07, 6.45) is 0. The maximum absolute atomic E-state index is 13.3. The molecule has 6 heteroatoms. The Bertz CT molecular complexity index is 1600. The monoisotopic (exact) mass is 415 g/mol. The third-order valence-electron chi connectivity index (χ3n) is 5.16. The van der Waals surface area contributed by atoms with Crippen LogP contribution in [-0.2, 0) is 10.0 Å². The fraction of sp³-hybridized carbons (Fsp3) is 0.0417. The van der Waals surface area contributed by atoms with Gasteiger partial charge in [-0.15, -0.1) is 0 Å². The Hall–Kier alpha value is -3.64. The van der Waals surface area contributed by atoms with Gasteiger partial charge in [0.05, 0.1) is 21.4 Å². The van der Waals surface area contributed by atoms with Crippen molar-refractivity contribution in [2.45, 2.75) is 11.8 Å². The van der Waals surface area contributed by atoms with E-state index in [-0.39, 0.29) is 10.3 Å². The topological polar surface area (TPSA) is 76.4 Å². The summed E-state index contributed by atoms with van der Waals surface area (Å²) in [6, 6.07) is 22.4. The van der Waals surface area contributed by atoms with Crippen molar-refractivity contribution in [2.75, 3.05) is 4.72 Å². The van der Waals surface area contributed by atoms with Crippen LogP contribution in [0.1, 0.15) is 5.56 Å². The van der Waals surface area contributed by atoms with Crippen molar-refractivity contribution in [1.82, 2.24) is 0 Å². The molecule has 0 aliphatic rings. The first-order valence-corrected chi connectivity index (χ1v) is 10.9. The van der Waals surface area contributed by atoms with Crippen LogP contribution in [0.3, 0.4) is 0 Å². The molecule has 0 amide bonds. The number of para-hydroxylation sites is 1. The minimum Gasteiger partial charge on any atom is -0.456 e. The number of rotatable bonds is 3. The summed E-state index contributed by atoms with van der Waals surface area (Å²) in [7, 11) is -3.83. The van der Waals surface area contributed by atoms with Crippen LogP contribution in [0.2, 0.25) is 0 Å². The average Bonchev–Trinajstić information content (AvgIpc) is 2.74. The number of sulfonamides is 1. The number of hydrogen-bond acceptors (Lipinski definition) is 4. The van der Waals surface area contributed by atoms with Crippen molar-refractivity contribution in [3.8, 4) is 0 Å². The molecule has 1 heterocycles. The minimum atomic E-state index is -3.83. The molecule has 1 N–H and O–H groups in total. The molecule has 148 valence electrons. The molecule has 0 saturated carbocycles. The van der Waals surface area contributed by atoms with E-state index in [4.69, 9.17) is 4.42 Å². The van der Waals surface area contributed by atoms with Crippen LogP contribution in [0.25, 0.3) is 32.7 Å². The summed E-state index contributed by atoms with van der Waals surface area (Å²) < 4.78 is 34.6. The molecule has 5 rings (SSSR count). The highest BCUT2D eigenvalue weighted by molar-refractivity contribution is 7.92. The zero-order chi connectivity index (χ0) is 20.9. The third-order valence-corrected chi connectivity index (χ3v) is 6.54. The van der Waals surface area contributed by atoms with Gasteiger partial charge in [0.2, 0.25) is 5.43 Å². The Labute approximate surface area is 172 Å². The maximum Gasteiger partial charge on any atom is 0.261 e. The Balaban J connectivity index is 1.79. The second-order valence-corrected chi connectivity index (χ2v) is 8.87. The summed E-state index contributed by atoms with van der Waals surface area (Å²) >= 11 is 0. The summed E-state index contributed by atoms with van der Waals surface area (Å²) in [5.74, 6) is 0. The lowest BCUT2D eigenvalue weighted by atomic mass is 10.0. The summed E-state index contributed by atoms with van der Waals surface area (Å²) in [5.41, 5.74) is 2.01. The molecular formula is C24H17NO4S.